The normalized spacial score (nSPS) is 11.1. The summed E-state index contributed by atoms with van der Waals surface area (Å²) >= 11 is 1.35. The minimum absolute atomic E-state index is 0.0185. The van der Waals surface area contributed by atoms with E-state index in [1.807, 2.05) is 35.9 Å². The molecule has 2 aromatic carbocycles. The number of fused-ring (bicyclic) bond motifs is 1. The number of nitrogens with zero attached hydrogens (tertiary/aromatic N) is 2. The lowest BCUT2D eigenvalue weighted by atomic mass is 10.1. The lowest BCUT2D eigenvalue weighted by Crippen LogP contribution is -2.30. The minimum atomic E-state index is -1.29. The second-order valence-corrected chi connectivity index (χ2v) is 6.43. The van der Waals surface area contributed by atoms with Gasteiger partial charge in [0.25, 0.3) is 5.91 Å². The molecule has 0 saturated heterocycles. The van der Waals surface area contributed by atoms with Crippen molar-refractivity contribution < 1.29 is 19.3 Å². The van der Waals surface area contributed by atoms with Crippen LogP contribution in [0.1, 0.15) is 15.9 Å². The summed E-state index contributed by atoms with van der Waals surface area (Å²) in [7, 11) is 1.92. The van der Waals surface area contributed by atoms with E-state index >= 15 is 0 Å². The molecular formula is C18H16N4O3S. The Kier molecular flexibility index (Phi) is 5.33. The van der Waals surface area contributed by atoms with Crippen molar-refractivity contribution in [2.45, 2.75) is 5.16 Å². The molecule has 7 nitrogen and oxygen atoms in total. The number of nitrogens with one attached hydrogen (secondary N) is 2. The number of para-hydroxylation sites is 2. The van der Waals surface area contributed by atoms with Crippen molar-refractivity contribution in [2.75, 3.05) is 5.75 Å². The number of hydrogen-bond acceptors (Lipinski definition) is 5. The van der Waals surface area contributed by atoms with Crippen LogP contribution in [0.4, 0.5) is 0 Å². The number of aromatic nitrogens is 2. The van der Waals surface area contributed by atoms with Crippen molar-refractivity contribution in [2.24, 2.45) is 12.1 Å². The van der Waals surface area contributed by atoms with E-state index in [0.717, 1.165) is 16.2 Å². The van der Waals surface area contributed by atoms with Gasteiger partial charge < -0.3 is 9.90 Å². The van der Waals surface area contributed by atoms with Gasteiger partial charge in [0, 0.05) is 11.1 Å². The molecule has 1 heterocycles. The molecule has 0 radical (unpaired) electrons. The maximum Gasteiger partial charge on any atom is 0.317 e. The van der Waals surface area contributed by atoms with Crippen LogP contribution in [0.15, 0.2) is 58.8 Å². The van der Waals surface area contributed by atoms with Gasteiger partial charge in [-0.1, -0.05) is 36.4 Å². The van der Waals surface area contributed by atoms with Gasteiger partial charge in [-0.2, -0.15) is 5.10 Å². The minimum Gasteiger partial charge on any atom is -0.545 e. The van der Waals surface area contributed by atoms with E-state index in [4.69, 9.17) is 0 Å². The predicted octanol–water partition coefficient (Wildman–Crippen LogP) is 0.598. The molecule has 1 aromatic heterocycles. The maximum atomic E-state index is 12.0. The average molecular weight is 368 g/mol. The standard InChI is InChI=1S/C18H16N4O3S/c1-22-15-9-5-4-8-14(15)20-18(22)26-11-16(23)21-19-10-12-6-2-3-7-13(12)17(24)25/h2-10H,11H2,1H3,(H2,21,23,24,25). The summed E-state index contributed by atoms with van der Waals surface area (Å²) < 4.78 is 1.98. The molecule has 0 aliphatic carbocycles. The van der Waals surface area contributed by atoms with E-state index in [-0.39, 0.29) is 17.2 Å². The molecule has 0 spiro atoms. The first-order chi connectivity index (χ1) is 12.6. The first-order valence-corrected chi connectivity index (χ1v) is 8.76. The second-order valence-electron chi connectivity index (χ2n) is 5.46. The predicted molar refractivity (Wildman–Crippen MR) is 96.7 cm³/mol. The van der Waals surface area contributed by atoms with Crippen molar-refractivity contribution in [1.29, 1.82) is 0 Å². The van der Waals surface area contributed by atoms with Crippen LogP contribution in [0.25, 0.3) is 11.0 Å². The van der Waals surface area contributed by atoms with Crippen molar-refractivity contribution in [1.82, 2.24) is 10.4 Å². The third kappa shape index (κ3) is 3.92. The van der Waals surface area contributed by atoms with Crippen molar-refractivity contribution in [3.05, 3.63) is 59.7 Å². The van der Waals surface area contributed by atoms with Gasteiger partial charge in [0.05, 0.1) is 25.0 Å². The SMILES string of the molecule is C[n+]1c(SCC(=O)NN=Cc2ccccc2C(=O)[O-])[nH]c2ccccc21. The fraction of sp³-hybridized carbons (Fsp3) is 0.111. The molecule has 132 valence electrons. The Bertz CT molecular complexity index is 997. The number of amides is 1. The highest BCUT2D eigenvalue weighted by atomic mass is 32.2. The Labute approximate surface area is 153 Å². The van der Waals surface area contributed by atoms with Crippen LogP contribution in [-0.2, 0) is 11.8 Å². The van der Waals surface area contributed by atoms with Crippen LogP contribution in [0.3, 0.4) is 0 Å². The molecule has 3 rings (SSSR count). The van der Waals surface area contributed by atoms with Crippen LogP contribution in [0.5, 0.6) is 0 Å². The summed E-state index contributed by atoms with van der Waals surface area (Å²) in [5.74, 6) is -1.42. The van der Waals surface area contributed by atoms with Gasteiger partial charge in [-0.3, -0.25) is 4.79 Å². The summed E-state index contributed by atoms with van der Waals surface area (Å²) in [5, 5.41) is 15.7. The average Bonchev–Trinajstić information content (AvgIpc) is 2.96. The zero-order chi connectivity index (χ0) is 18.5. The monoisotopic (exact) mass is 368 g/mol. The summed E-state index contributed by atoms with van der Waals surface area (Å²) in [6, 6.07) is 14.1. The zero-order valence-electron chi connectivity index (χ0n) is 13.9. The molecular weight excluding hydrogens is 352 g/mol. The zero-order valence-corrected chi connectivity index (χ0v) is 14.7. The Morgan fingerprint density at radius 3 is 2.73 bits per heavy atom. The van der Waals surface area contributed by atoms with Gasteiger partial charge in [-0.15, -0.1) is 0 Å². The van der Waals surface area contributed by atoms with Crippen LogP contribution in [0.2, 0.25) is 0 Å². The number of aromatic amines is 1. The molecule has 1 amide bonds. The molecule has 0 aliphatic heterocycles. The van der Waals surface area contributed by atoms with Crippen molar-refractivity contribution in [3.63, 3.8) is 0 Å². The number of H-pyrrole nitrogens is 1. The first-order valence-electron chi connectivity index (χ1n) is 7.78. The number of carboxylic acid groups (broad SMARTS) is 1. The van der Waals surface area contributed by atoms with Gasteiger partial charge in [0.1, 0.15) is 0 Å². The molecule has 26 heavy (non-hydrogen) atoms. The van der Waals surface area contributed by atoms with E-state index in [1.165, 1.54) is 24.0 Å². The van der Waals surface area contributed by atoms with Crippen LogP contribution >= 0.6 is 11.8 Å². The van der Waals surface area contributed by atoms with Gasteiger partial charge >= 0.3 is 5.16 Å². The number of aromatic carboxylic acids is 1. The Morgan fingerprint density at radius 1 is 1.23 bits per heavy atom. The molecule has 2 N–H and O–H groups in total. The van der Waals surface area contributed by atoms with E-state index in [2.05, 4.69) is 15.5 Å². The Balaban J connectivity index is 1.59. The smallest absolute Gasteiger partial charge is 0.317 e. The molecule has 0 unspecified atom stereocenters. The number of aryl methyl sites for hydroxylation is 1. The number of rotatable bonds is 6. The molecule has 0 atom stereocenters. The maximum absolute atomic E-state index is 12.0. The van der Waals surface area contributed by atoms with Gasteiger partial charge in [-0.25, -0.2) is 15.0 Å². The number of hydrazone groups is 1. The number of carbonyl (C=O) groups excluding carboxylic acids is 2. The number of carbonyl (C=O) groups is 2. The van der Waals surface area contributed by atoms with E-state index in [1.54, 1.807) is 18.2 Å². The number of thioether (sulfide) groups is 1. The van der Waals surface area contributed by atoms with E-state index in [0.29, 0.717) is 5.56 Å². The number of carboxylic acids is 1. The highest BCUT2D eigenvalue weighted by molar-refractivity contribution is 7.99. The Hall–Kier alpha value is -3.13. The third-order valence-corrected chi connectivity index (χ3v) is 4.78. The van der Waals surface area contributed by atoms with Crippen LogP contribution in [0, 0.1) is 0 Å². The summed E-state index contributed by atoms with van der Waals surface area (Å²) in [4.78, 5) is 26.2. The van der Waals surface area contributed by atoms with E-state index < -0.39 is 5.97 Å². The fourth-order valence-electron chi connectivity index (χ4n) is 2.45. The lowest BCUT2D eigenvalue weighted by molar-refractivity contribution is -0.683. The molecule has 3 aromatic rings. The molecule has 8 heteroatoms. The van der Waals surface area contributed by atoms with Crippen molar-refractivity contribution >= 4 is 40.9 Å². The lowest BCUT2D eigenvalue weighted by Gasteiger charge is -2.05. The fourth-order valence-corrected chi connectivity index (χ4v) is 3.26. The number of benzene rings is 2. The number of hydrogen-bond donors (Lipinski definition) is 2. The Morgan fingerprint density at radius 2 is 1.96 bits per heavy atom. The quantitative estimate of drug-likeness (QED) is 0.288. The summed E-state index contributed by atoms with van der Waals surface area (Å²) in [6.45, 7) is 0. The third-order valence-electron chi connectivity index (χ3n) is 3.73. The second kappa shape index (κ2) is 7.83. The topological polar surface area (TPSA) is 101 Å². The summed E-state index contributed by atoms with van der Waals surface area (Å²) in [5.41, 5.74) is 4.82. The first kappa shape index (κ1) is 17.7. The summed E-state index contributed by atoms with van der Waals surface area (Å²) in [6.07, 6.45) is 1.29. The van der Waals surface area contributed by atoms with Crippen LogP contribution < -0.4 is 15.1 Å². The molecule has 0 bridgehead atoms. The van der Waals surface area contributed by atoms with E-state index in [9.17, 15) is 14.7 Å². The van der Waals surface area contributed by atoms with Gasteiger partial charge in [0.15, 0.2) is 11.0 Å². The largest absolute Gasteiger partial charge is 0.545 e. The van der Waals surface area contributed by atoms with Crippen LogP contribution in [-0.4, -0.2) is 28.8 Å². The molecule has 0 saturated carbocycles. The highest BCUT2D eigenvalue weighted by Crippen LogP contribution is 2.16. The van der Waals surface area contributed by atoms with Gasteiger partial charge in [-0.05, 0) is 23.9 Å². The molecule has 0 fully saturated rings. The highest BCUT2D eigenvalue weighted by Gasteiger charge is 2.16. The van der Waals surface area contributed by atoms with Crippen molar-refractivity contribution in [3.8, 4) is 0 Å². The molecule has 0 aliphatic rings. The number of imidazole rings is 1. The van der Waals surface area contributed by atoms with Gasteiger partial charge in [0.2, 0.25) is 0 Å².